The van der Waals surface area contributed by atoms with E-state index in [1.165, 1.54) is 19.2 Å². The highest BCUT2D eigenvalue weighted by atomic mass is 32.2. The Morgan fingerprint density at radius 1 is 1.20 bits per heavy atom. The molecule has 30 heavy (non-hydrogen) atoms. The average Bonchev–Trinajstić information content (AvgIpc) is 2.98. The summed E-state index contributed by atoms with van der Waals surface area (Å²) in [5, 5.41) is 1.75. The van der Waals surface area contributed by atoms with Crippen molar-refractivity contribution in [1.29, 1.82) is 0 Å². The van der Waals surface area contributed by atoms with Crippen LogP contribution < -0.4 is 19.8 Å². The lowest BCUT2D eigenvalue weighted by Gasteiger charge is -2.20. The third kappa shape index (κ3) is 3.68. The van der Waals surface area contributed by atoms with Gasteiger partial charge in [0.1, 0.15) is 17.2 Å². The second-order valence-electron chi connectivity index (χ2n) is 6.47. The summed E-state index contributed by atoms with van der Waals surface area (Å²) in [5.74, 6) is -2.01. The molecule has 0 atom stereocenters. The van der Waals surface area contributed by atoms with Crippen molar-refractivity contribution in [1.82, 2.24) is 4.98 Å². The lowest BCUT2D eigenvalue weighted by molar-refractivity contribution is -0.519. The summed E-state index contributed by atoms with van der Waals surface area (Å²) in [4.78, 5) is 2.59. The van der Waals surface area contributed by atoms with E-state index in [1.807, 2.05) is 0 Å². The fraction of sp³-hybridized carbons (Fsp3) is 0.294. The summed E-state index contributed by atoms with van der Waals surface area (Å²) >= 11 is 0. The minimum absolute atomic E-state index is 0.0814. The maximum atomic E-state index is 13.9. The standard InChI is InChI=1S/C17H15F6N4O2S/c1-4-30(28,29)12-6-10(16(18,19)20)8-26(3)13(12)15-25-11-5-9(2)7-24-14(11)27(15)17(21,22)23/h5-8,25H,3-4H2,1-2H3/q+1. The van der Waals surface area contributed by atoms with E-state index in [2.05, 4.69) is 17.0 Å². The van der Waals surface area contributed by atoms with Crippen LogP contribution in [0, 0.1) is 13.6 Å². The number of aryl methyl sites for hydroxylation is 1. The van der Waals surface area contributed by atoms with Gasteiger partial charge >= 0.3 is 12.5 Å². The predicted octanol–water partition coefficient (Wildman–Crippen LogP) is 2.65. The molecule has 2 aromatic heterocycles. The second-order valence-corrected chi connectivity index (χ2v) is 8.72. The zero-order chi connectivity index (χ0) is 22.6. The summed E-state index contributed by atoms with van der Waals surface area (Å²) in [6.45, 7) is 6.07. The van der Waals surface area contributed by atoms with Crippen molar-refractivity contribution in [3.05, 3.63) is 47.7 Å². The summed E-state index contributed by atoms with van der Waals surface area (Å²) < 4.78 is 107. The second kappa shape index (κ2) is 6.86. The number of nitrogens with zero attached hydrogens (tertiary/aromatic N) is 3. The maximum Gasteiger partial charge on any atom is 0.491 e. The third-order valence-corrected chi connectivity index (χ3v) is 6.06. The van der Waals surface area contributed by atoms with Crippen LogP contribution in [0.2, 0.25) is 0 Å². The number of alkyl halides is 6. The summed E-state index contributed by atoms with van der Waals surface area (Å²) in [6, 6.07) is 1.65. The minimum Gasteiger partial charge on any atom is -0.333 e. The molecule has 0 fully saturated rings. The van der Waals surface area contributed by atoms with Crippen molar-refractivity contribution in [2.45, 2.75) is 31.2 Å². The Hall–Kier alpha value is -2.83. The predicted molar refractivity (Wildman–Crippen MR) is 94.3 cm³/mol. The van der Waals surface area contributed by atoms with Crippen LogP contribution in [-0.4, -0.2) is 25.5 Å². The Labute approximate surface area is 166 Å². The SMILES string of the molecule is C=[n+]1cc(C(F)(F)F)cc(S(=O)(=O)CC)c1=C1Nc2cc(C)cnc2N1C(F)(F)F. The van der Waals surface area contributed by atoms with Gasteiger partial charge in [0.05, 0.1) is 11.4 Å². The van der Waals surface area contributed by atoms with Gasteiger partial charge in [-0.3, -0.25) is 0 Å². The average molecular weight is 453 g/mol. The molecule has 0 unspecified atom stereocenters. The molecule has 0 aliphatic carbocycles. The van der Waals surface area contributed by atoms with E-state index < -0.39 is 55.5 Å². The van der Waals surface area contributed by atoms with E-state index in [0.29, 0.717) is 22.1 Å². The molecule has 0 saturated carbocycles. The molecule has 1 aliphatic rings. The summed E-state index contributed by atoms with van der Waals surface area (Å²) in [5.41, 5.74) is -0.931. The van der Waals surface area contributed by atoms with Gasteiger partial charge in [0, 0.05) is 6.20 Å². The number of hydrogen-bond acceptors (Lipinski definition) is 5. The van der Waals surface area contributed by atoms with E-state index in [0.717, 1.165) is 0 Å². The fourth-order valence-electron chi connectivity index (χ4n) is 2.95. The molecule has 162 valence electrons. The molecule has 1 aliphatic heterocycles. The highest BCUT2D eigenvalue weighted by molar-refractivity contribution is 7.91. The topological polar surface area (TPSA) is 68.2 Å². The molecular weight excluding hydrogens is 438 g/mol. The lowest BCUT2D eigenvalue weighted by atomic mass is 10.2. The van der Waals surface area contributed by atoms with Crippen LogP contribution in [0.15, 0.2) is 29.4 Å². The van der Waals surface area contributed by atoms with E-state index in [1.54, 1.807) is 6.92 Å². The molecular formula is C17H15F6N4O2S+. The summed E-state index contributed by atoms with van der Waals surface area (Å²) in [6.07, 6.45) is -8.39. The molecule has 0 amide bonds. The first-order valence-corrected chi connectivity index (χ1v) is 10.0. The molecule has 0 spiro atoms. The number of fused-ring (bicyclic) bond motifs is 1. The van der Waals surface area contributed by atoms with Crippen LogP contribution in [-0.2, 0) is 16.0 Å². The van der Waals surface area contributed by atoms with Crippen molar-refractivity contribution in [3.63, 3.8) is 0 Å². The Balaban J connectivity index is 2.50. The van der Waals surface area contributed by atoms with Gasteiger partial charge < -0.3 is 5.32 Å². The number of aromatic nitrogens is 2. The zero-order valence-electron chi connectivity index (χ0n) is 15.6. The number of halogens is 6. The molecule has 2 aromatic rings. The first kappa shape index (κ1) is 21.9. The van der Waals surface area contributed by atoms with Crippen molar-refractivity contribution >= 4 is 27.2 Å². The van der Waals surface area contributed by atoms with Crippen molar-refractivity contribution in [2.24, 2.45) is 0 Å². The number of anilines is 2. The Kier molecular flexibility index (Phi) is 5.00. The van der Waals surface area contributed by atoms with Gasteiger partial charge in [-0.15, -0.1) is 13.2 Å². The Morgan fingerprint density at radius 2 is 1.83 bits per heavy atom. The normalized spacial score (nSPS) is 16.5. The molecule has 0 saturated heterocycles. The lowest BCUT2D eigenvalue weighted by Crippen LogP contribution is -2.48. The number of sulfone groups is 1. The molecule has 6 nitrogen and oxygen atoms in total. The van der Waals surface area contributed by atoms with Crippen LogP contribution in [0.3, 0.4) is 0 Å². The van der Waals surface area contributed by atoms with Crippen LogP contribution in [0.4, 0.5) is 37.8 Å². The Morgan fingerprint density at radius 3 is 2.37 bits per heavy atom. The van der Waals surface area contributed by atoms with Gasteiger partial charge in [0.25, 0.3) is 5.35 Å². The summed E-state index contributed by atoms with van der Waals surface area (Å²) in [7, 11) is -4.37. The van der Waals surface area contributed by atoms with Crippen molar-refractivity contribution in [2.75, 3.05) is 16.0 Å². The molecule has 3 rings (SSSR count). The molecule has 13 heteroatoms. The van der Waals surface area contributed by atoms with E-state index in [-0.39, 0.29) is 10.6 Å². The van der Waals surface area contributed by atoms with Crippen molar-refractivity contribution in [3.8, 4) is 0 Å². The quantitative estimate of drug-likeness (QED) is 0.430. The number of nitrogens with one attached hydrogen (secondary N) is 1. The number of pyridine rings is 2. The third-order valence-electron chi connectivity index (χ3n) is 4.31. The van der Waals surface area contributed by atoms with Gasteiger partial charge in [-0.05, 0) is 24.6 Å². The van der Waals surface area contributed by atoms with Gasteiger partial charge in [-0.1, -0.05) is 6.92 Å². The molecule has 3 heterocycles. The molecule has 0 aromatic carbocycles. The maximum absolute atomic E-state index is 13.9. The monoisotopic (exact) mass is 453 g/mol. The van der Waals surface area contributed by atoms with Gasteiger partial charge in [-0.25, -0.2) is 18.3 Å². The zero-order valence-corrected chi connectivity index (χ0v) is 16.4. The molecule has 1 N–H and O–H groups in total. The molecule has 0 bridgehead atoms. The van der Waals surface area contributed by atoms with Gasteiger partial charge in [0.15, 0.2) is 27.7 Å². The van der Waals surface area contributed by atoms with Crippen LogP contribution >= 0.6 is 0 Å². The van der Waals surface area contributed by atoms with Crippen LogP contribution in [0.1, 0.15) is 18.1 Å². The first-order valence-electron chi connectivity index (χ1n) is 8.35. The van der Waals surface area contributed by atoms with Crippen LogP contribution in [0.25, 0.3) is 5.82 Å². The highest BCUT2D eigenvalue weighted by Crippen LogP contribution is 2.42. The molecule has 0 radical (unpaired) electrons. The number of hydrogen-bond donors (Lipinski definition) is 1. The van der Waals surface area contributed by atoms with Crippen LogP contribution in [0.5, 0.6) is 0 Å². The van der Waals surface area contributed by atoms with E-state index in [4.69, 9.17) is 0 Å². The van der Waals surface area contributed by atoms with Crippen molar-refractivity contribution < 1.29 is 39.0 Å². The van der Waals surface area contributed by atoms with E-state index in [9.17, 15) is 34.8 Å². The largest absolute Gasteiger partial charge is 0.491 e. The van der Waals surface area contributed by atoms with Gasteiger partial charge in [0.2, 0.25) is 0 Å². The smallest absolute Gasteiger partial charge is 0.333 e. The fourth-order valence-corrected chi connectivity index (χ4v) is 4.08. The Bertz CT molecular complexity index is 1240. The van der Waals surface area contributed by atoms with Gasteiger partial charge in [-0.2, -0.15) is 17.4 Å². The minimum atomic E-state index is -5.06. The number of rotatable bonds is 2. The highest BCUT2D eigenvalue weighted by Gasteiger charge is 2.48. The first-order chi connectivity index (χ1) is 13.7. The van der Waals surface area contributed by atoms with E-state index >= 15 is 0 Å².